The summed E-state index contributed by atoms with van der Waals surface area (Å²) in [6, 6.07) is 14.5. The molecule has 1 fully saturated rings. The lowest BCUT2D eigenvalue weighted by molar-refractivity contribution is -0.127. The van der Waals surface area contributed by atoms with E-state index in [9.17, 15) is 4.79 Å². The Morgan fingerprint density at radius 2 is 1.96 bits per heavy atom. The molecule has 0 radical (unpaired) electrons. The molecule has 0 aliphatic carbocycles. The number of aryl methyl sites for hydroxylation is 1. The first-order valence-corrected chi connectivity index (χ1v) is 10.4. The Hall–Kier alpha value is -1.56. The molecule has 1 aliphatic heterocycles. The monoisotopic (exact) mass is 466 g/mol. The maximum absolute atomic E-state index is 11.6. The van der Waals surface area contributed by atoms with E-state index in [0.717, 1.165) is 60.4 Å². The lowest BCUT2D eigenvalue weighted by atomic mass is 10.1. The van der Waals surface area contributed by atoms with Crippen LogP contribution < -0.4 is 10.1 Å². The van der Waals surface area contributed by atoms with Gasteiger partial charge in [-0.05, 0) is 50.1 Å². The van der Waals surface area contributed by atoms with Crippen molar-refractivity contribution in [2.75, 3.05) is 19.6 Å². The van der Waals surface area contributed by atoms with E-state index < -0.39 is 0 Å². The molecule has 0 atom stereocenters. The van der Waals surface area contributed by atoms with Crippen LogP contribution in [0.3, 0.4) is 0 Å². The van der Waals surface area contributed by atoms with Gasteiger partial charge in [0, 0.05) is 36.1 Å². The molecule has 1 saturated heterocycles. The zero-order valence-corrected chi connectivity index (χ0v) is 18.7. The van der Waals surface area contributed by atoms with Crippen molar-refractivity contribution in [3.8, 4) is 5.75 Å². The highest BCUT2D eigenvalue weighted by atomic mass is 79.9. The Kier molecular flexibility index (Phi) is 9.29. The number of carbonyl (C=O) groups excluding carboxylic acids is 1. The Morgan fingerprint density at radius 3 is 2.68 bits per heavy atom. The zero-order valence-electron chi connectivity index (χ0n) is 16.2. The molecule has 0 aromatic heterocycles. The van der Waals surface area contributed by atoms with Crippen molar-refractivity contribution in [3.63, 3.8) is 0 Å². The van der Waals surface area contributed by atoms with E-state index in [1.165, 1.54) is 5.56 Å². The van der Waals surface area contributed by atoms with Crippen molar-refractivity contribution in [3.05, 3.63) is 63.6 Å². The lowest BCUT2D eigenvalue weighted by Gasteiger charge is -2.16. The van der Waals surface area contributed by atoms with Gasteiger partial charge in [-0.25, -0.2) is 0 Å². The first-order valence-electron chi connectivity index (χ1n) is 9.57. The summed E-state index contributed by atoms with van der Waals surface area (Å²) in [5.41, 5.74) is 3.55. The van der Waals surface area contributed by atoms with Gasteiger partial charge < -0.3 is 15.0 Å². The Morgan fingerprint density at radius 1 is 1.18 bits per heavy atom. The minimum Gasteiger partial charge on any atom is -0.489 e. The molecule has 4 nitrogen and oxygen atoms in total. The van der Waals surface area contributed by atoms with Crippen molar-refractivity contribution in [2.45, 2.75) is 39.3 Å². The Balaban J connectivity index is 0.00000280. The van der Waals surface area contributed by atoms with E-state index in [1.54, 1.807) is 0 Å². The molecule has 28 heavy (non-hydrogen) atoms. The number of nitrogens with one attached hydrogen (secondary N) is 1. The van der Waals surface area contributed by atoms with Gasteiger partial charge in [0.1, 0.15) is 12.4 Å². The average molecular weight is 468 g/mol. The van der Waals surface area contributed by atoms with Crippen molar-refractivity contribution < 1.29 is 9.53 Å². The molecule has 6 heteroatoms. The molecule has 0 saturated carbocycles. The maximum Gasteiger partial charge on any atom is 0.222 e. The van der Waals surface area contributed by atoms with Crippen LogP contribution in [-0.2, 0) is 17.9 Å². The first kappa shape index (κ1) is 22.7. The smallest absolute Gasteiger partial charge is 0.222 e. The summed E-state index contributed by atoms with van der Waals surface area (Å²) in [7, 11) is 0. The molecule has 152 valence electrons. The average Bonchev–Trinajstić information content (AvgIpc) is 3.07. The predicted octanol–water partition coefficient (Wildman–Crippen LogP) is 4.86. The number of hydrogen-bond donors (Lipinski definition) is 1. The van der Waals surface area contributed by atoms with Gasteiger partial charge >= 0.3 is 0 Å². The second-order valence-electron chi connectivity index (χ2n) is 7.04. The molecule has 0 unspecified atom stereocenters. The van der Waals surface area contributed by atoms with Gasteiger partial charge in [-0.15, -0.1) is 12.4 Å². The predicted molar refractivity (Wildman–Crippen MR) is 119 cm³/mol. The highest BCUT2D eigenvalue weighted by molar-refractivity contribution is 9.10. The number of nitrogens with zero attached hydrogens (tertiary/aromatic N) is 1. The van der Waals surface area contributed by atoms with Crippen molar-refractivity contribution >= 4 is 34.2 Å². The molecular weight excluding hydrogens is 440 g/mol. The molecule has 0 spiro atoms. The quantitative estimate of drug-likeness (QED) is 0.536. The third kappa shape index (κ3) is 6.80. The number of carbonyl (C=O) groups is 1. The van der Waals surface area contributed by atoms with Crippen LogP contribution in [0.15, 0.2) is 46.9 Å². The number of halogens is 2. The van der Waals surface area contributed by atoms with Gasteiger partial charge in [0.25, 0.3) is 0 Å². The summed E-state index contributed by atoms with van der Waals surface area (Å²) in [5.74, 6) is 1.20. The Bertz CT molecular complexity index is 768. The van der Waals surface area contributed by atoms with E-state index >= 15 is 0 Å². The first-order chi connectivity index (χ1) is 13.1. The van der Waals surface area contributed by atoms with E-state index in [2.05, 4.69) is 58.5 Å². The van der Waals surface area contributed by atoms with Crippen LogP contribution in [0.4, 0.5) is 0 Å². The molecule has 2 aromatic carbocycles. The van der Waals surface area contributed by atoms with E-state index in [1.807, 2.05) is 17.0 Å². The van der Waals surface area contributed by atoms with E-state index in [4.69, 9.17) is 4.74 Å². The summed E-state index contributed by atoms with van der Waals surface area (Å²) < 4.78 is 7.10. The highest BCUT2D eigenvalue weighted by Crippen LogP contribution is 2.24. The van der Waals surface area contributed by atoms with Crippen molar-refractivity contribution in [1.29, 1.82) is 0 Å². The number of likely N-dealkylation sites (tertiary alicyclic amines) is 1. The van der Waals surface area contributed by atoms with Crippen LogP contribution in [0.25, 0.3) is 0 Å². The van der Waals surface area contributed by atoms with Crippen molar-refractivity contribution in [2.24, 2.45) is 0 Å². The van der Waals surface area contributed by atoms with Crippen LogP contribution in [-0.4, -0.2) is 30.4 Å². The molecule has 1 heterocycles. The number of ether oxygens (including phenoxy) is 1. The third-order valence-corrected chi connectivity index (χ3v) is 5.30. The van der Waals surface area contributed by atoms with Gasteiger partial charge in [0.05, 0.1) is 0 Å². The van der Waals surface area contributed by atoms with Gasteiger partial charge in [-0.3, -0.25) is 4.79 Å². The standard InChI is InChI=1S/C22H27BrN2O2.ClH/c1-17-5-7-18(8-6-17)16-27-21-10-9-20(23)14-19(21)15-24-11-3-13-25-12-2-4-22(25)26;/h5-10,14,24H,2-4,11-13,15-16H2,1H3;1H. The van der Waals surface area contributed by atoms with E-state index in [0.29, 0.717) is 18.9 Å². The second-order valence-corrected chi connectivity index (χ2v) is 7.96. The highest BCUT2D eigenvalue weighted by Gasteiger charge is 2.18. The minimum atomic E-state index is 0. The number of hydrogen-bond acceptors (Lipinski definition) is 3. The number of rotatable bonds is 9. The number of amides is 1. The van der Waals surface area contributed by atoms with Crippen LogP contribution >= 0.6 is 28.3 Å². The fraction of sp³-hybridized carbons (Fsp3) is 0.409. The molecule has 1 aliphatic rings. The van der Waals surface area contributed by atoms with Crippen molar-refractivity contribution in [1.82, 2.24) is 10.2 Å². The third-order valence-electron chi connectivity index (χ3n) is 4.81. The van der Waals surface area contributed by atoms with Crippen LogP contribution in [0.5, 0.6) is 5.75 Å². The summed E-state index contributed by atoms with van der Waals surface area (Å²) in [5, 5.41) is 3.47. The molecule has 2 aromatic rings. The Labute approximate surface area is 182 Å². The number of benzene rings is 2. The summed E-state index contributed by atoms with van der Waals surface area (Å²) in [4.78, 5) is 13.6. The van der Waals surface area contributed by atoms with Crippen LogP contribution in [0.1, 0.15) is 36.0 Å². The van der Waals surface area contributed by atoms with Gasteiger partial charge in [0.15, 0.2) is 0 Å². The maximum atomic E-state index is 11.6. The molecule has 1 amide bonds. The van der Waals surface area contributed by atoms with Gasteiger partial charge in [0.2, 0.25) is 5.91 Å². The normalized spacial score (nSPS) is 13.5. The van der Waals surface area contributed by atoms with Gasteiger partial charge in [-0.1, -0.05) is 45.8 Å². The molecule has 0 bridgehead atoms. The molecule has 1 N–H and O–H groups in total. The largest absolute Gasteiger partial charge is 0.489 e. The molecule has 3 rings (SSSR count). The van der Waals surface area contributed by atoms with E-state index in [-0.39, 0.29) is 12.4 Å². The summed E-state index contributed by atoms with van der Waals surface area (Å²) in [6.45, 7) is 6.04. The minimum absolute atomic E-state index is 0. The topological polar surface area (TPSA) is 41.6 Å². The fourth-order valence-electron chi connectivity index (χ4n) is 3.23. The summed E-state index contributed by atoms with van der Waals surface area (Å²) in [6.07, 6.45) is 2.69. The van der Waals surface area contributed by atoms with Crippen LogP contribution in [0.2, 0.25) is 0 Å². The SMILES string of the molecule is Cc1ccc(COc2ccc(Br)cc2CNCCCN2CCCC2=O)cc1.Cl. The fourth-order valence-corrected chi connectivity index (χ4v) is 3.64. The molecular formula is C22H28BrClN2O2. The van der Waals surface area contributed by atoms with Crippen LogP contribution in [0, 0.1) is 6.92 Å². The van der Waals surface area contributed by atoms with Gasteiger partial charge in [-0.2, -0.15) is 0 Å². The second kappa shape index (κ2) is 11.4. The lowest BCUT2D eigenvalue weighted by Crippen LogP contribution is -2.28. The summed E-state index contributed by atoms with van der Waals surface area (Å²) >= 11 is 3.55. The zero-order chi connectivity index (χ0) is 19.1.